The van der Waals surface area contributed by atoms with Crippen LogP contribution in [0.5, 0.6) is 0 Å². The van der Waals surface area contributed by atoms with Crippen molar-refractivity contribution in [1.29, 1.82) is 0 Å². The number of nitrogens with zero attached hydrogens (tertiary/aromatic N) is 1. The fourth-order valence-corrected chi connectivity index (χ4v) is 2.11. The summed E-state index contributed by atoms with van der Waals surface area (Å²) in [6, 6.07) is 13.6. The van der Waals surface area contributed by atoms with E-state index in [0.29, 0.717) is 10.6 Å². The Bertz CT molecular complexity index is 748. The molecule has 2 aromatic rings. The third-order valence-corrected chi connectivity index (χ3v) is 3.30. The predicted octanol–water partition coefficient (Wildman–Crippen LogP) is 4.19. The third-order valence-electron chi connectivity index (χ3n) is 3.06. The van der Waals surface area contributed by atoms with Gasteiger partial charge in [-0.15, -0.1) is 0 Å². The van der Waals surface area contributed by atoms with E-state index < -0.39 is 11.0 Å². The highest BCUT2D eigenvalue weighted by Gasteiger charge is 2.11. The van der Waals surface area contributed by atoms with E-state index in [9.17, 15) is 14.9 Å². The summed E-state index contributed by atoms with van der Waals surface area (Å²) in [5, 5.41) is 13.9. The maximum Gasteiger partial charge on any atom is 0.407 e. The molecule has 2 rings (SSSR count). The molecule has 7 heteroatoms. The lowest BCUT2D eigenvalue weighted by Gasteiger charge is -2.05. The molecule has 0 aliphatic carbocycles. The molecule has 0 aromatic heterocycles. The van der Waals surface area contributed by atoms with E-state index in [1.165, 1.54) is 24.3 Å². The summed E-state index contributed by atoms with van der Waals surface area (Å²) in [7, 11) is 0. The topological polar surface area (TPSA) is 81.5 Å². The van der Waals surface area contributed by atoms with Gasteiger partial charge in [-0.3, -0.25) is 10.1 Å². The van der Waals surface area contributed by atoms with Crippen LogP contribution in [0.4, 0.5) is 10.5 Å². The number of rotatable bonds is 6. The maximum absolute atomic E-state index is 11.6. The molecule has 1 amide bonds. The molecule has 0 heterocycles. The van der Waals surface area contributed by atoms with Crippen molar-refractivity contribution in [2.75, 3.05) is 6.54 Å². The molecular formula is C17H15ClN2O4. The van der Waals surface area contributed by atoms with Crippen molar-refractivity contribution in [2.45, 2.75) is 6.61 Å². The van der Waals surface area contributed by atoms with E-state index in [1.807, 2.05) is 30.3 Å². The number of carbonyl (C=O) groups is 1. The largest absolute Gasteiger partial charge is 0.445 e. The Morgan fingerprint density at radius 1 is 1.25 bits per heavy atom. The zero-order valence-electron chi connectivity index (χ0n) is 12.6. The molecule has 124 valence electrons. The van der Waals surface area contributed by atoms with Gasteiger partial charge in [0.1, 0.15) is 6.61 Å². The average molecular weight is 347 g/mol. The highest BCUT2D eigenvalue weighted by molar-refractivity contribution is 6.30. The average Bonchev–Trinajstić information content (AvgIpc) is 2.57. The van der Waals surface area contributed by atoms with Crippen LogP contribution in [0.2, 0.25) is 5.02 Å². The van der Waals surface area contributed by atoms with Crippen LogP contribution in [0, 0.1) is 10.1 Å². The van der Waals surface area contributed by atoms with E-state index in [0.717, 1.165) is 5.56 Å². The zero-order chi connectivity index (χ0) is 17.4. The lowest BCUT2D eigenvalue weighted by molar-refractivity contribution is -0.385. The minimum absolute atomic E-state index is 0.0534. The van der Waals surface area contributed by atoms with E-state index in [1.54, 1.807) is 6.08 Å². The van der Waals surface area contributed by atoms with Gasteiger partial charge in [0.15, 0.2) is 0 Å². The van der Waals surface area contributed by atoms with Crippen molar-refractivity contribution in [2.24, 2.45) is 0 Å². The highest BCUT2D eigenvalue weighted by Crippen LogP contribution is 2.23. The van der Waals surface area contributed by atoms with Crippen LogP contribution in [-0.4, -0.2) is 17.6 Å². The molecule has 0 aliphatic rings. The number of alkyl carbamates (subject to hydrolysis) is 1. The number of ether oxygens (including phenoxy) is 1. The van der Waals surface area contributed by atoms with Crippen LogP contribution in [0.1, 0.15) is 11.1 Å². The first-order valence-corrected chi connectivity index (χ1v) is 7.49. The Morgan fingerprint density at radius 2 is 2.00 bits per heavy atom. The van der Waals surface area contributed by atoms with Crippen molar-refractivity contribution in [3.63, 3.8) is 0 Å². The van der Waals surface area contributed by atoms with Crippen molar-refractivity contribution >= 4 is 29.5 Å². The Kier molecular flexibility index (Phi) is 6.33. The standard InChI is InChI=1S/C17H15ClN2O4/c18-15-8-9-16(20(22)23)14(11-15)7-4-10-19-17(21)24-12-13-5-2-1-3-6-13/h1-9,11H,10,12H2,(H,19,21). The first-order chi connectivity index (χ1) is 11.6. The fourth-order valence-electron chi connectivity index (χ4n) is 1.93. The Labute approximate surface area is 143 Å². The van der Waals surface area contributed by atoms with Gasteiger partial charge in [-0.25, -0.2) is 4.79 Å². The lowest BCUT2D eigenvalue weighted by atomic mass is 10.1. The number of nitrogens with one attached hydrogen (secondary N) is 1. The molecule has 1 N–H and O–H groups in total. The van der Waals surface area contributed by atoms with Crippen molar-refractivity contribution < 1.29 is 14.5 Å². The molecule has 2 aromatic carbocycles. The number of nitro benzene ring substituents is 1. The molecule has 0 bridgehead atoms. The first kappa shape index (κ1) is 17.5. The van der Waals surface area contributed by atoms with Gasteiger partial charge in [-0.1, -0.05) is 54.1 Å². The highest BCUT2D eigenvalue weighted by atomic mass is 35.5. The Morgan fingerprint density at radius 3 is 2.71 bits per heavy atom. The van der Waals surface area contributed by atoms with Crippen LogP contribution in [0.15, 0.2) is 54.6 Å². The first-order valence-electron chi connectivity index (χ1n) is 7.11. The number of benzene rings is 2. The van der Waals surface area contributed by atoms with Crippen molar-refractivity contribution in [3.8, 4) is 0 Å². The molecular weight excluding hydrogens is 332 g/mol. The van der Waals surface area contributed by atoms with Gasteiger partial charge < -0.3 is 10.1 Å². The van der Waals surface area contributed by atoms with Crippen LogP contribution in [0.25, 0.3) is 6.08 Å². The lowest BCUT2D eigenvalue weighted by Crippen LogP contribution is -2.24. The number of halogens is 1. The number of hydrogen-bond acceptors (Lipinski definition) is 4. The number of nitro groups is 1. The van der Waals surface area contributed by atoms with E-state index in [2.05, 4.69) is 5.32 Å². The van der Waals surface area contributed by atoms with E-state index in [4.69, 9.17) is 16.3 Å². The molecule has 0 atom stereocenters. The maximum atomic E-state index is 11.6. The minimum atomic E-state index is -0.566. The summed E-state index contributed by atoms with van der Waals surface area (Å²) in [6.45, 7) is 0.355. The summed E-state index contributed by atoms with van der Waals surface area (Å²) >= 11 is 5.84. The second-order valence-electron chi connectivity index (χ2n) is 4.81. The molecule has 0 saturated heterocycles. The van der Waals surface area contributed by atoms with Gasteiger partial charge in [-0.05, 0) is 17.7 Å². The monoisotopic (exact) mass is 346 g/mol. The second-order valence-corrected chi connectivity index (χ2v) is 5.24. The number of amides is 1. The van der Waals surface area contributed by atoms with E-state index >= 15 is 0 Å². The molecule has 6 nitrogen and oxygen atoms in total. The van der Waals surface area contributed by atoms with Crippen LogP contribution in [0.3, 0.4) is 0 Å². The molecule has 0 saturated carbocycles. The summed E-state index contributed by atoms with van der Waals surface area (Å²) < 4.78 is 5.05. The van der Waals surface area contributed by atoms with E-state index in [-0.39, 0.29) is 18.8 Å². The van der Waals surface area contributed by atoms with Crippen molar-refractivity contribution in [1.82, 2.24) is 5.32 Å². The molecule has 0 radical (unpaired) electrons. The SMILES string of the molecule is O=C(NCC=Cc1cc(Cl)ccc1[N+](=O)[O-])OCc1ccccc1. The Balaban J connectivity index is 1.83. The summed E-state index contributed by atoms with van der Waals surface area (Å²) in [6.07, 6.45) is 2.55. The van der Waals surface area contributed by atoms with Gasteiger partial charge in [0.25, 0.3) is 5.69 Å². The zero-order valence-corrected chi connectivity index (χ0v) is 13.4. The van der Waals surface area contributed by atoms with Gasteiger partial charge in [0.2, 0.25) is 0 Å². The molecule has 0 unspecified atom stereocenters. The molecule has 24 heavy (non-hydrogen) atoms. The van der Waals surface area contributed by atoms with Gasteiger partial charge in [0, 0.05) is 17.6 Å². The smallest absolute Gasteiger partial charge is 0.407 e. The summed E-state index contributed by atoms with van der Waals surface area (Å²) in [5.41, 5.74) is 1.20. The Hall–Kier alpha value is -2.86. The fraction of sp³-hybridized carbons (Fsp3) is 0.118. The van der Waals surface area contributed by atoms with Crippen LogP contribution in [-0.2, 0) is 11.3 Å². The molecule has 0 fully saturated rings. The van der Waals surface area contributed by atoms with Crippen LogP contribution < -0.4 is 5.32 Å². The minimum Gasteiger partial charge on any atom is -0.445 e. The normalized spacial score (nSPS) is 10.5. The molecule has 0 spiro atoms. The predicted molar refractivity (Wildman–Crippen MR) is 91.8 cm³/mol. The second kappa shape index (κ2) is 8.69. The van der Waals surface area contributed by atoms with Gasteiger partial charge in [-0.2, -0.15) is 0 Å². The summed E-state index contributed by atoms with van der Waals surface area (Å²) in [4.78, 5) is 22.0. The quantitative estimate of drug-likeness (QED) is 0.628. The summed E-state index contributed by atoms with van der Waals surface area (Å²) in [5.74, 6) is 0. The number of hydrogen-bond donors (Lipinski definition) is 1. The van der Waals surface area contributed by atoms with Crippen LogP contribution >= 0.6 is 11.6 Å². The third kappa shape index (κ3) is 5.40. The molecule has 0 aliphatic heterocycles. The van der Waals surface area contributed by atoms with Crippen molar-refractivity contribution in [3.05, 3.63) is 80.9 Å². The van der Waals surface area contributed by atoms with Gasteiger partial charge in [0.05, 0.1) is 10.5 Å². The number of carbonyl (C=O) groups excluding carboxylic acids is 1. The van der Waals surface area contributed by atoms with Gasteiger partial charge >= 0.3 is 6.09 Å².